The lowest BCUT2D eigenvalue weighted by Gasteiger charge is -2.46. The van der Waals surface area contributed by atoms with Crippen LogP contribution in [0.25, 0.3) is 11.0 Å². The van der Waals surface area contributed by atoms with E-state index in [2.05, 4.69) is 27.1 Å². The van der Waals surface area contributed by atoms with Gasteiger partial charge in [-0.05, 0) is 53.1 Å². The molecule has 4 N–H and O–H groups in total. The van der Waals surface area contributed by atoms with Crippen molar-refractivity contribution in [3.63, 3.8) is 0 Å². The highest BCUT2D eigenvalue weighted by molar-refractivity contribution is 6.23. The minimum absolute atomic E-state index is 0.0392. The number of imide groups is 1. The first-order chi connectivity index (χ1) is 32.3. The van der Waals surface area contributed by atoms with E-state index in [0.29, 0.717) is 33.6 Å². The van der Waals surface area contributed by atoms with Crippen molar-refractivity contribution in [2.24, 2.45) is 5.92 Å². The van der Waals surface area contributed by atoms with Crippen LogP contribution in [-0.4, -0.2) is 95.1 Å². The number of ether oxygens (including phenoxy) is 4. The molecular weight excluding hydrogens is 843 g/mol. The maximum absolute atomic E-state index is 16.4. The fourth-order valence-electron chi connectivity index (χ4n) is 9.80. The van der Waals surface area contributed by atoms with Crippen molar-refractivity contribution in [1.82, 2.24) is 20.2 Å². The normalized spacial score (nSPS) is 22.0. The number of fused-ring (bicyclic) bond motifs is 4. The zero-order valence-electron chi connectivity index (χ0n) is 36.0. The Morgan fingerprint density at radius 1 is 0.848 bits per heavy atom. The Hall–Kier alpha value is -7.35. The minimum Gasteiger partial charge on any atom is -0.491 e. The third-order valence-electron chi connectivity index (χ3n) is 12.3. The average molecular weight is 890 g/mol. The van der Waals surface area contributed by atoms with E-state index in [1.54, 1.807) is 42.5 Å². The van der Waals surface area contributed by atoms with Gasteiger partial charge in [-0.2, -0.15) is 0 Å². The molecule has 0 bridgehead atoms. The fraction of sp³-hybridized carbons (Fsp3) is 0.275. The Bertz CT molecular complexity index is 2790. The second kappa shape index (κ2) is 19.0. The third kappa shape index (κ3) is 7.73. The topological polar surface area (TPSA) is 193 Å². The number of aromatic amines is 1. The molecule has 0 aliphatic carbocycles. The summed E-state index contributed by atoms with van der Waals surface area (Å²) in [5.74, 6) is 2.81. The SMILES string of the molecule is COCCOC(=O)N1C(=O)C2(c3cc(C#CCCO)ccc31)C(C(=O)NCc1nc3ccccc3[nH]1)C1C(=O)OC(c3ccccc3)C(c3ccccc3)N1C2c1ccccc1OCCO. The van der Waals surface area contributed by atoms with E-state index in [1.165, 1.54) is 7.11 Å². The molecule has 66 heavy (non-hydrogen) atoms. The molecule has 6 aromatic rings. The highest BCUT2D eigenvalue weighted by Crippen LogP contribution is 2.66. The smallest absolute Gasteiger partial charge is 0.421 e. The second-order valence-electron chi connectivity index (χ2n) is 16.0. The number of nitrogens with zero attached hydrogens (tertiary/aromatic N) is 3. The quantitative estimate of drug-likeness (QED) is 0.0654. The van der Waals surface area contributed by atoms with Crippen molar-refractivity contribution in [1.29, 1.82) is 0 Å². The number of benzene rings is 5. The number of aliphatic hydroxyl groups is 2. The van der Waals surface area contributed by atoms with E-state index in [1.807, 2.05) is 89.8 Å². The molecule has 0 radical (unpaired) electrons. The first-order valence-corrected chi connectivity index (χ1v) is 21.7. The molecule has 3 amide bonds. The van der Waals surface area contributed by atoms with Crippen molar-refractivity contribution in [3.05, 3.63) is 161 Å². The number of aromatic nitrogens is 2. The van der Waals surface area contributed by atoms with Crippen molar-refractivity contribution in [2.45, 2.75) is 42.6 Å². The van der Waals surface area contributed by atoms with E-state index >= 15 is 14.4 Å². The Morgan fingerprint density at radius 3 is 2.32 bits per heavy atom. The number of esters is 1. The predicted octanol–water partition coefficient (Wildman–Crippen LogP) is 5.43. The first kappa shape index (κ1) is 43.9. The summed E-state index contributed by atoms with van der Waals surface area (Å²) in [6.45, 7) is -0.914. The van der Waals surface area contributed by atoms with Crippen LogP contribution in [0.1, 0.15) is 58.3 Å². The highest BCUT2D eigenvalue weighted by Gasteiger charge is 2.76. The maximum Gasteiger partial charge on any atom is 0.421 e. The molecule has 6 atom stereocenters. The third-order valence-corrected chi connectivity index (χ3v) is 12.3. The molecule has 6 unspecified atom stereocenters. The lowest BCUT2D eigenvalue weighted by Crippen LogP contribution is -2.55. The summed E-state index contributed by atoms with van der Waals surface area (Å²) in [7, 11) is 1.45. The van der Waals surface area contributed by atoms with Crippen LogP contribution in [0, 0.1) is 17.8 Å². The lowest BCUT2D eigenvalue weighted by atomic mass is 9.65. The van der Waals surface area contributed by atoms with Crippen LogP contribution >= 0.6 is 0 Å². The van der Waals surface area contributed by atoms with Gasteiger partial charge in [0.15, 0.2) is 0 Å². The van der Waals surface area contributed by atoms with Gasteiger partial charge in [-0.15, -0.1) is 0 Å². The number of amides is 3. The number of H-pyrrole nitrogens is 1. The zero-order chi connectivity index (χ0) is 45.8. The number of para-hydroxylation sites is 3. The molecule has 3 aliphatic rings. The highest BCUT2D eigenvalue weighted by atomic mass is 16.6. The van der Waals surface area contributed by atoms with Gasteiger partial charge in [-0.3, -0.25) is 19.3 Å². The molecule has 3 aliphatic heterocycles. The summed E-state index contributed by atoms with van der Waals surface area (Å²) >= 11 is 0. The number of aliphatic hydroxyl groups excluding tert-OH is 2. The Balaban J connectivity index is 1.34. The summed E-state index contributed by atoms with van der Waals surface area (Å²) in [5.41, 5.74) is 1.84. The number of methoxy groups -OCH3 is 1. The molecule has 0 saturated carbocycles. The van der Waals surface area contributed by atoms with E-state index in [0.717, 1.165) is 10.4 Å². The Morgan fingerprint density at radius 2 is 1.58 bits per heavy atom. The maximum atomic E-state index is 16.4. The fourth-order valence-corrected chi connectivity index (χ4v) is 9.80. The van der Waals surface area contributed by atoms with Gasteiger partial charge >= 0.3 is 12.1 Å². The lowest BCUT2D eigenvalue weighted by molar-refractivity contribution is -0.178. The standard InChI is InChI=1S/C51H47N5O10/c1-63-28-29-65-50(62)55-39-24-23-32(14-12-13-25-57)30-36(39)51(49(55)61)42(47(59)52-31-41-53-37-20-9-10-21-38(37)54-41)44-48(60)66-45(34-17-6-3-7-18-34)43(33-15-4-2-5-16-33)56(44)46(51)35-19-8-11-22-40(35)64-27-26-58/h2-11,15-24,30,42-46,57-58H,13,25-29,31H2,1H3,(H,52,59)(H,53,54). The number of morpholine rings is 1. The van der Waals surface area contributed by atoms with Crippen LogP contribution in [0.2, 0.25) is 0 Å². The number of hydrogen-bond donors (Lipinski definition) is 4. The number of carbonyl (C=O) groups excluding carboxylic acids is 4. The van der Waals surface area contributed by atoms with E-state index in [4.69, 9.17) is 18.9 Å². The average Bonchev–Trinajstić information content (AvgIpc) is 3.99. The zero-order valence-corrected chi connectivity index (χ0v) is 36.0. The molecule has 2 fully saturated rings. The summed E-state index contributed by atoms with van der Waals surface area (Å²) in [6, 6.07) is 34.4. The van der Waals surface area contributed by atoms with Crippen LogP contribution in [0.5, 0.6) is 5.75 Å². The van der Waals surface area contributed by atoms with Crippen molar-refractivity contribution in [2.75, 3.05) is 45.0 Å². The monoisotopic (exact) mass is 889 g/mol. The molecule has 336 valence electrons. The van der Waals surface area contributed by atoms with Gasteiger partial charge in [0.25, 0.3) is 0 Å². The molecular formula is C51H47N5O10. The molecule has 5 aromatic carbocycles. The first-order valence-electron chi connectivity index (χ1n) is 21.7. The number of carbonyl (C=O) groups is 4. The second-order valence-corrected chi connectivity index (χ2v) is 16.0. The van der Waals surface area contributed by atoms with E-state index in [-0.39, 0.29) is 63.0 Å². The van der Waals surface area contributed by atoms with Crippen LogP contribution in [-0.2, 0) is 40.6 Å². The van der Waals surface area contributed by atoms with Crippen LogP contribution < -0.4 is 15.0 Å². The molecule has 15 heteroatoms. The summed E-state index contributed by atoms with van der Waals surface area (Å²) in [4.78, 5) is 72.7. The number of nitrogens with one attached hydrogen (secondary N) is 2. The number of anilines is 1. The minimum atomic E-state index is -2.12. The molecule has 2 saturated heterocycles. The van der Waals surface area contributed by atoms with Gasteiger partial charge < -0.3 is 39.5 Å². The number of rotatable bonds is 13. The molecule has 1 spiro atoms. The van der Waals surface area contributed by atoms with Crippen molar-refractivity contribution >= 4 is 40.6 Å². The van der Waals surface area contributed by atoms with Crippen molar-refractivity contribution < 1.29 is 48.3 Å². The van der Waals surface area contributed by atoms with Gasteiger partial charge in [0.1, 0.15) is 42.3 Å². The van der Waals surface area contributed by atoms with Gasteiger partial charge in [0, 0.05) is 24.7 Å². The summed E-state index contributed by atoms with van der Waals surface area (Å²) < 4.78 is 23.7. The molecule has 4 heterocycles. The molecule has 15 nitrogen and oxygen atoms in total. The Labute approximate surface area is 380 Å². The van der Waals surface area contributed by atoms with Gasteiger partial charge in [0.2, 0.25) is 11.8 Å². The summed E-state index contributed by atoms with van der Waals surface area (Å²) in [6.07, 6.45) is -1.82. The number of cyclic esters (lactones) is 1. The molecule has 9 rings (SSSR count). The van der Waals surface area contributed by atoms with Crippen LogP contribution in [0.4, 0.5) is 10.5 Å². The summed E-state index contributed by atoms with van der Waals surface area (Å²) in [5, 5.41) is 22.7. The van der Waals surface area contributed by atoms with Gasteiger partial charge in [0.05, 0.1) is 61.1 Å². The largest absolute Gasteiger partial charge is 0.491 e. The van der Waals surface area contributed by atoms with Gasteiger partial charge in [-0.25, -0.2) is 14.7 Å². The Kier molecular flexibility index (Phi) is 12.6. The number of imidazole rings is 1. The van der Waals surface area contributed by atoms with Crippen molar-refractivity contribution in [3.8, 4) is 17.6 Å². The van der Waals surface area contributed by atoms with Gasteiger partial charge in [-0.1, -0.05) is 103 Å². The van der Waals surface area contributed by atoms with E-state index < -0.39 is 59.4 Å². The predicted molar refractivity (Wildman–Crippen MR) is 241 cm³/mol. The molecule has 1 aromatic heterocycles. The van der Waals surface area contributed by atoms with Crippen LogP contribution in [0.15, 0.2) is 127 Å². The van der Waals surface area contributed by atoms with E-state index in [9.17, 15) is 15.0 Å². The van der Waals surface area contributed by atoms with Crippen LogP contribution in [0.3, 0.4) is 0 Å². The number of hydrogen-bond acceptors (Lipinski definition) is 12.